The molecule has 16 heavy (non-hydrogen) atoms. The maximum atomic E-state index is 11.9. The second-order valence-electron chi connectivity index (χ2n) is 3.85. The molecule has 0 amide bonds. The van der Waals surface area contributed by atoms with Crippen molar-refractivity contribution in [1.29, 1.82) is 0 Å². The van der Waals surface area contributed by atoms with Crippen molar-refractivity contribution in [2.24, 2.45) is 0 Å². The quantitative estimate of drug-likeness (QED) is 0.558. The minimum absolute atomic E-state index is 0. The smallest absolute Gasteiger partial charge is 0.449 e. The summed E-state index contributed by atoms with van der Waals surface area (Å²) >= 11 is 0. The van der Waals surface area contributed by atoms with Crippen LogP contribution in [0.3, 0.4) is 0 Å². The van der Waals surface area contributed by atoms with Crippen molar-refractivity contribution >= 4 is 16.8 Å². The van der Waals surface area contributed by atoms with Crippen LogP contribution in [0, 0.1) is 0 Å². The number of hydrogen-bond donors (Lipinski definition) is 0. The van der Waals surface area contributed by atoms with Crippen LogP contribution >= 0.6 is 0 Å². The summed E-state index contributed by atoms with van der Waals surface area (Å²) < 4.78 is 57.7. The largest absolute Gasteiger partial charge is 1.00 e. The molecule has 1 aliphatic rings. The van der Waals surface area contributed by atoms with Gasteiger partial charge in [-0.25, -0.2) is 8.42 Å². The second kappa shape index (κ2) is 7.10. The summed E-state index contributed by atoms with van der Waals surface area (Å²) in [6.07, 6.45) is -0.660. The van der Waals surface area contributed by atoms with Gasteiger partial charge in [0.05, 0.1) is 11.5 Å². The van der Waals surface area contributed by atoms with Crippen molar-refractivity contribution in [2.75, 3.05) is 31.1 Å². The Bertz CT molecular complexity index is 295. The normalized spacial score (nSPS) is 21.4. The van der Waals surface area contributed by atoms with E-state index in [1.807, 2.05) is 0 Å². The average Bonchev–Trinajstić information content (AvgIpc) is 2.06. The maximum Gasteiger partial charge on any atom is 1.00 e. The van der Waals surface area contributed by atoms with E-state index in [2.05, 4.69) is 0 Å². The summed E-state index contributed by atoms with van der Waals surface area (Å²) in [4.78, 5) is 1.78. The van der Waals surface area contributed by atoms with Gasteiger partial charge < -0.3 is 17.8 Å². The van der Waals surface area contributed by atoms with E-state index in [-0.39, 0.29) is 69.3 Å². The molecule has 1 heterocycles. The Kier molecular flexibility index (Phi) is 7.73. The third-order valence-electron chi connectivity index (χ3n) is 2.44. The topological polar surface area (TPSA) is 37.4 Å². The molecule has 0 aromatic rings. The van der Waals surface area contributed by atoms with Crippen molar-refractivity contribution in [2.45, 2.75) is 12.7 Å². The molecule has 0 saturated carbocycles. The molecule has 1 saturated heterocycles. The summed E-state index contributed by atoms with van der Waals surface area (Å²) in [5.74, 6) is 0.147. The first-order valence-electron chi connectivity index (χ1n) is 4.92. The number of sulfone groups is 1. The van der Waals surface area contributed by atoms with Gasteiger partial charge in [0, 0.05) is 13.1 Å². The first-order chi connectivity index (χ1) is 6.79. The van der Waals surface area contributed by atoms with Crippen LogP contribution in [-0.2, 0) is 9.84 Å². The fraction of sp³-hybridized carbons (Fsp3) is 1.00. The van der Waals surface area contributed by atoms with Gasteiger partial charge in [-0.05, 0) is 6.54 Å². The van der Waals surface area contributed by atoms with Gasteiger partial charge >= 0.3 is 58.4 Å². The number of rotatable bonds is 4. The molecule has 0 atom stereocenters. The van der Waals surface area contributed by atoms with Crippen LogP contribution in [-0.4, -0.2) is 51.4 Å². The van der Waals surface area contributed by atoms with E-state index in [9.17, 15) is 21.4 Å². The van der Waals surface area contributed by atoms with Gasteiger partial charge in [-0.15, -0.1) is 0 Å². The van der Waals surface area contributed by atoms with E-state index in [0.717, 1.165) is 0 Å². The van der Waals surface area contributed by atoms with Crippen molar-refractivity contribution < 1.29 is 72.7 Å². The van der Waals surface area contributed by atoms with E-state index in [4.69, 9.17) is 0 Å². The molecule has 1 fully saturated rings. The van der Waals surface area contributed by atoms with Gasteiger partial charge in [0.1, 0.15) is 0 Å². The Hall–Kier alpha value is 1.40. The Morgan fingerprint density at radius 3 is 2.06 bits per heavy atom. The summed E-state index contributed by atoms with van der Waals surface area (Å²) in [6, 6.07) is 0. The van der Waals surface area contributed by atoms with Gasteiger partial charge in [0.2, 0.25) is 0 Å². The van der Waals surface area contributed by atoms with Gasteiger partial charge in [0.15, 0.2) is 9.84 Å². The van der Waals surface area contributed by atoms with Gasteiger partial charge in [-0.1, -0.05) is 12.7 Å². The van der Waals surface area contributed by atoms with Crippen molar-refractivity contribution in [3.63, 3.8) is 0 Å². The minimum Gasteiger partial charge on any atom is -0.449 e. The van der Waals surface area contributed by atoms with Crippen LogP contribution in [0.1, 0.15) is 6.42 Å². The summed E-state index contributed by atoms with van der Waals surface area (Å²) in [5, 5.41) is 0. The number of hydrogen-bond acceptors (Lipinski definition) is 3. The maximum absolute atomic E-state index is 11.9. The van der Waals surface area contributed by atoms with Crippen molar-refractivity contribution in [3.05, 3.63) is 0 Å². The second-order valence-corrected chi connectivity index (χ2v) is 6.15. The zero-order chi connectivity index (χ0) is 11.5. The molecule has 9 heteroatoms. The van der Waals surface area contributed by atoms with E-state index in [0.29, 0.717) is 19.6 Å². The zero-order valence-corrected chi connectivity index (χ0v) is 13.3. The molecule has 90 valence electrons. The van der Waals surface area contributed by atoms with Crippen LogP contribution in [0.25, 0.3) is 0 Å². The molecular weight excluding hydrogens is 269 g/mol. The molecule has 0 N–H and O–H groups in total. The molecule has 0 aromatic heterocycles. The Morgan fingerprint density at radius 2 is 1.62 bits per heavy atom. The third-order valence-corrected chi connectivity index (χ3v) is 4.05. The molecule has 0 spiro atoms. The molecule has 0 aromatic carbocycles. The zero-order valence-electron chi connectivity index (χ0n) is 9.33. The average molecular weight is 283 g/mol. The van der Waals surface area contributed by atoms with E-state index < -0.39 is 23.1 Å². The fourth-order valence-corrected chi connectivity index (χ4v) is 2.80. The Balaban J connectivity index is 0.00000225. The summed E-state index contributed by atoms with van der Waals surface area (Å²) in [5.41, 5.74) is 0. The molecule has 1 aliphatic heterocycles. The number of nitrogens with zero attached hydrogens (tertiary/aromatic N) is 1. The predicted molar refractivity (Wildman–Crippen MR) is 53.6 cm³/mol. The van der Waals surface area contributed by atoms with Crippen LogP contribution in [0.2, 0.25) is 6.32 Å². The van der Waals surface area contributed by atoms with E-state index in [1.165, 1.54) is 0 Å². The van der Waals surface area contributed by atoms with Crippen LogP contribution in [0.4, 0.5) is 12.9 Å². The Labute approximate surface area is 137 Å². The van der Waals surface area contributed by atoms with Gasteiger partial charge in [0.25, 0.3) is 0 Å². The molecule has 0 aliphatic carbocycles. The third kappa shape index (κ3) is 7.67. The first kappa shape index (κ1) is 17.4. The molecule has 1 rings (SSSR count). The van der Waals surface area contributed by atoms with E-state index >= 15 is 0 Å². The monoisotopic (exact) mass is 283 g/mol. The molecule has 0 bridgehead atoms. The van der Waals surface area contributed by atoms with Gasteiger partial charge in [-0.2, -0.15) is 0 Å². The fourth-order valence-electron chi connectivity index (χ4n) is 1.52. The van der Waals surface area contributed by atoms with Crippen LogP contribution < -0.4 is 51.4 Å². The van der Waals surface area contributed by atoms with Crippen molar-refractivity contribution in [1.82, 2.24) is 4.90 Å². The molecule has 0 radical (unpaired) electrons. The SMILES string of the molecule is O=S1(=O)CCN(CCC[B-](F)(F)F)CC1.[K+]. The van der Waals surface area contributed by atoms with E-state index in [1.54, 1.807) is 4.90 Å². The van der Waals surface area contributed by atoms with Crippen molar-refractivity contribution in [3.8, 4) is 0 Å². The predicted octanol–water partition coefficient (Wildman–Crippen LogP) is -2.04. The summed E-state index contributed by atoms with van der Waals surface area (Å²) in [7, 11) is -2.93. The number of halogens is 3. The molecular formula is C7H14BF3KNO2S. The van der Waals surface area contributed by atoms with Crippen LogP contribution in [0.15, 0.2) is 0 Å². The van der Waals surface area contributed by atoms with Gasteiger partial charge in [-0.3, -0.25) is 0 Å². The standard InChI is InChI=1S/C7H14BF3NO2S.K/c9-8(10,11)2-1-3-12-4-6-15(13,14)7-5-12;/h1-7H2;/q-1;+1. The molecule has 0 unspecified atom stereocenters. The summed E-state index contributed by atoms with van der Waals surface area (Å²) in [6.45, 7) is -3.62. The first-order valence-corrected chi connectivity index (χ1v) is 6.74. The Morgan fingerprint density at radius 1 is 1.12 bits per heavy atom. The molecule has 3 nitrogen and oxygen atoms in total. The minimum atomic E-state index is -4.70. The van der Waals surface area contributed by atoms with Crippen LogP contribution in [0.5, 0.6) is 0 Å².